The summed E-state index contributed by atoms with van der Waals surface area (Å²) in [6.07, 6.45) is 3.81. The maximum absolute atomic E-state index is 13.0. The van der Waals surface area contributed by atoms with Crippen molar-refractivity contribution in [3.63, 3.8) is 0 Å². The monoisotopic (exact) mass is 513 g/mol. The Bertz CT molecular complexity index is 1180. The number of ether oxygens (including phenoxy) is 1. The highest BCUT2D eigenvalue weighted by molar-refractivity contribution is 6.33. The van der Waals surface area contributed by atoms with Gasteiger partial charge in [-0.25, -0.2) is 4.68 Å². The molecule has 2 aromatic carbocycles. The summed E-state index contributed by atoms with van der Waals surface area (Å²) in [5.74, 6) is -0.225. The number of carbonyl (C=O) groups excluding carboxylic acids is 1. The summed E-state index contributed by atoms with van der Waals surface area (Å²) in [5, 5.41) is 8.62. The minimum absolute atomic E-state index is 0.225. The molecule has 0 aliphatic carbocycles. The Morgan fingerprint density at radius 3 is 2.43 bits per heavy atom. The lowest BCUT2D eigenvalue weighted by Gasteiger charge is -2.41. The van der Waals surface area contributed by atoms with E-state index >= 15 is 0 Å². The van der Waals surface area contributed by atoms with Gasteiger partial charge in [0.15, 0.2) is 0 Å². The molecule has 3 heterocycles. The number of halogens is 2. The molecule has 7 nitrogen and oxygen atoms in total. The van der Waals surface area contributed by atoms with E-state index in [0.717, 1.165) is 69.3 Å². The van der Waals surface area contributed by atoms with E-state index in [9.17, 15) is 4.79 Å². The number of nitrogens with one attached hydrogen (secondary N) is 1. The quantitative estimate of drug-likeness (QED) is 0.517. The molecule has 35 heavy (non-hydrogen) atoms. The second kappa shape index (κ2) is 10.6. The molecule has 3 aromatic rings. The van der Waals surface area contributed by atoms with E-state index in [1.165, 1.54) is 0 Å². The van der Waals surface area contributed by atoms with E-state index in [4.69, 9.17) is 27.9 Å². The summed E-state index contributed by atoms with van der Waals surface area (Å²) in [4.78, 5) is 17.9. The molecule has 2 aliphatic rings. The van der Waals surface area contributed by atoms with E-state index < -0.39 is 0 Å². The van der Waals surface area contributed by atoms with Crippen LogP contribution in [-0.4, -0.2) is 66.0 Å². The number of piperazine rings is 1. The zero-order chi connectivity index (χ0) is 24.4. The molecule has 184 valence electrons. The van der Waals surface area contributed by atoms with Crippen LogP contribution in [0.5, 0.6) is 0 Å². The van der Waals surface area contributed by atoms with E-state index in [1.807, 2.05) is 37.3 Å². The first-order chi connectivity index (χ1) is 17.0. The zero-order valence-electron chi connectivity index (χ0n) is 19.7. The first kappa shape index (κ1) is 24.1. The molecule has 2 saturated heterocycles. The largest absolute Gasteiger partial charge is 0.381 e. The average molecular weight is 514 g/mol. The Morgan fingerprint density at radius 1 is 1.03 bits per heavy atom. The molecule has 0 unspecified atom stereocenters. The fourth-order valence-corrected chi connectivity index (χ4v) is 5.32. The van der Waals surface area contributed by atoms with Crippen molar-refractivity contribution in [2.75, 3.05) is 49.6 Å². The van der Waals surface area contributed by atoms with Gasteiger partial charge in [0.2, 0.25) is 0 Å². The lowest BCUT2D eigenvalue weighted by Crippen LogP contribution is -2.51. The highest BCUT2D eigenvalue weighted by Gasteiger charge is 2.26. The van der Waals surface area contributed by atoms with Crippen molar-refractivity contribution in [3.05, 3.63) is 70.0 Å². The Morgan fingerprint density at radius 2 is 1.74 bits per heavy atom. The van der Waals surface area contributed by atoms with Crippen molar-refractivity contribution < 1.29 is 9.53 Å². The molecule has 2 aliphatic heterocycles. The van der Waals surface area contributed by atoms with Crippen molar-refractivity contribution in [2.45, 2.75) is 25.8 Å². The van der Waals surface area contributed by atoms with Crippen molar-refractivity contribution >= 4 is 40.5 Å². The van der Waals surface area contributed by atoms with Gasteiger partial charge in [0.1, 0.15) is 0 Å². The highest BCUT2D eigenvalue weighted by atomic mass is 35.5. The van der Waals surface area contributed by atoms with Crippen LogP contribution in [0.4, 0.5) is 11.4 Å². The van der Waals surface area contributed by atoms with Gasteiger partial charge in [-0.15, -0.1) is 0 Å². The molecule has 0 atom stereocenters. The SMILES string of the molecule is Cc1c(C(=O)Nc2ccc(N3CCN(C4CCOCC4)CC3)c(Cl)c2)cnn1-c1ccc(Cl)cc1. The molecule has 2 fully saturated rings. The number of carbonyl (C=O) groups is 1. The number of rotatable bonds is 5. The van der Waals surface area contributed by atoms with Crippen LogP contribution in [0.25, 0.3) is 5.69 Å². The van der Waals surface area contributed by atoms with Crippen molar-refractivity contribution in [1.29, 1.82) is 0 Å². The van der Waals surface area contributed by atoms with Crippen LogP contribution in [0.2, 0.25) is 10.0 Å². The van der Waals surface area contributed by atoms with Gasteiger partial charge >= 0.3 is 0 Å². The molecule has 1 amide bonds. The van der Waals surface area contributed by atoms with Gasteiger partial charge in [0.25, 0.3) is 5.91 Å². The van der Waals surface area contributed by atoms with Gasteiger partial charge in [-0.3, -0.25) is 9.69 Å². The first-order valence-electron chi connectivity index (χ1n) is 12.0. The highest BCUT2D eigenvalue weighted by Crippen LogP contribution is 2.31. The Hall–Kier alpha value is -2.58. The maximum atomic E-state index is 13.0. The fourth-order valence-electron chi connectivity index (χ4n) is 4.89. The summed E-state index contributed by atoms with van der Waals surface area (Å²) >= 11 is 12.6. The van der Waals surface area contributed by atoms with E-state index in [2.05, 4.69) is 20.2 Å². The van der Waals surface area contributed by atoms with Gasteiger partial charge in [0.05, 0.1) is 33.9 Å². The number of hydrogen-bond donors (Lipinski definition) is 1. The standard InChI is InChI=1S/C26H29Cl2N5O2/c1-18-23(17-29-33(18)22-5-2-19(27)3-6-22)26(34)30-20-4-7-25(24(28)16-20)32-12-10-31(11-13-32)21-8-14-35-15-9-21/h2-7,16-17,21H,8-15H2,1H3,(H,30,34). The first-order valence-corrected chi connectivity index (χ1v) is 12.7. The summed E-state index contributed by atoms with van der Waals surface area (Å²) < 4.78 is 7.23. The van der Waals surface area contributed by atoms with Gasteiger partial charge in [-0.1, -0.05) is 23.2 Å². The smallest absolute Gasteiger partial charge is 0.259 e. The van der Waals surface area contributed by atoms with Crippen molar-refractivity contribution in [2.24, 2.45) is 0 Å². The molecule has 1 N–H and O–H groups in total. The second-order valence-corrected chi connectivity index (χ2v) is 9.86. The molecule has 0 spiro atoms. The molecule has 1 aromatic heterocycles. The summed E-state index contributed by atoms with van der Waals surface area (Å²) in [6.45, 7) is 7.52. The third kappa shape index (κ3) is 5.33. The van der Waals surface area contributed by atoms with Crippen molar-refractivity contribution in [1.82, 2.24) is 14.7 Å². The molecule has 0 radical (unpaired) electrons. The summed E-state index contributed by atoms with van der Waals surface area (Å²) in [7, 11) is 0. The number of amides is 1. The number of aromatic nitrogens is 2. The van der Waals surface area contributed by atoms with Gasteiger partial charge in [-0.05, 0) is 62.2 Å². The van der Waals surface area contributed by atoms with Crippen LogP contribution in [0.3, 0.4) is 0 Å². The van der Waals surface area contributed by atoms with Crippen LogP contribution in [-0.2, 0) is 4.74 Å². The third-order valence-corrected chi connectivity index (χ3v) is 7.45. The minimum atomic E-state index is -0.225. The Balaban J connectivity index is 1.22. The lowest BCUT2D eigenvalue weighted by molar-refractivity contribution is 0.0321. The molecular weight excluding hydrogens is 485 g/mol. The fraction of sp³-hybridized carbons (Fsp3) is 0.385. The lowest BCUT2D eigenvalue weighted by atomic mass is 10.1. The normalized spacial score (nSPS) is 17.5. The average Bonchev–Trinajstić information content (AvgIpc) is 3.27. The second-order valence-electron chi connectivity index (χ2n) is 9.02. The van der Waals surface area contributed by atoms with E-state index in [0.29, 0.717) is 27.3 Å². The third-order valence-electron chi connectivity index (χ3n) is 6.89. The topological polar surface area (TPSA) is 62.6 Å². The van der Waals surface area contributed by atoms with Crippen LogP contribution < -0.4 is 10.2 Å². The number of nitrogens with zero attached hydrogens (tertiary/aromatic N) is 4. The van der Waals surface area contributed by atoms with Gasteiger partial charge in [-0.2, -0.15) is 5.10 Å². The van der Waals surface area contributed by atoms with Crippen molar-refractivity contribution in [3.8, 4) is 5.69 Å². The summed E-state index contributed by atoms with van der Waals surface area (Å²) in [5.41, 5.74) is 3.75. The number of benzene rings is 2. The molecule has 0 bridgehead atoms. The Labute approximate surface area is 215 Å². The maximum Gasteiger partial charge on any atom is 0.259 e. The van der Waals surface area contributed by atoms with Gasteiger partial charge < -0.3 is 15.0 Å². The predicted octanol–water partition coefficient (Wildman–Crippen LogP) is 5.04. The van der Waals surface area contributed by atoms with E-state index in [-0.39, 0.29) is 5.91 Å². The molecular formula is C26H29Cl2N5O2. The molecule has 9 heteroatoms. The number of anilines is 2. The Kier molecular flexibility index (Phi) is 7.29. The van der Waals surface area contributed by atoms with Crippen LogP contribution in [0.1, 0.15) is 28.9 Å². The van der Waals surface area contributed by atoms with Gasteiger partial charge in [0, 0.05) is 56.1 Å². The summed E-state index contributed by atoms with van der Waals surface area (Å²) in [6, 6.07) is 13.7. The minimum Gasteiger partial charge on any atom is -0.381 e. The van der Waals surface area contributed by atoms with E-state index in [1.54, 1.807) is 23.0 Å². The van der Waals surface area contributed by atoms with Crippen LogP contribution >= 0.6 is 23.2 Å². The molecule has 5 rings (SSSR count). The van der Waals surface area contributed by atoms with Crippen LogP contribution in [0, 0.1) is 6.92 Å². The number of hydrogen-bond acceptors (Lipinski definition) is 5. The predicted molar refractivity (Wildman–Crippen MR) is 140 cm³/mol. The molecule has 0 saturated carbocycles. The van der Waals surface area contributed by atoms with Crippen LogP contribution in [0.15, 0.2) is 48.7 Å². The zero-order valence-corrected chi connectivity index (χ0v) is 21.2.